The second-order valence-corrected chi connectivity index (χ2v) is 5.90. The van der Waals surface area contributed by atoms with Crippen LogP contribution in [0.1, 0.15) is 34.7 Å². The molecular weight excluding hydrogens is 352 g/mol. The van der Waals surface area contributed by atoms with Crippen LogP contribution < -0.4 is 0 Å². The molecule has 0 unspecified atom stereocenters. The summed E-state index contributed by atoms with van der Waals surface area (Å²) in [5.41, 5.74) is 5.05. The molecule has 4 nitrogen and oxygen atoms in total. The average molecular weight is 376 g/mol. The molecule has 4 heteroatoms. The number of carbonyl (C=O) groups is 1. The predicted molar refractivity (Wildman–Crippen MR) is 109 cm³/mol. The van der Waals surface area contributed by atoms with Crippen molar-refractivity contribution in [2.45, 2.75) is 26.6 Å². The number of aryl methyl sites for hydroxylation is 1. The SMILES string of the molecule is C=COCOCc1ccc(C#Cc2ccc(COC(=O)C=C)cc2)c(CC)c1. The van der Waals surface area contributed by atoms with Gasteiger partial charge in [0.1, 0.15) is 6.61 Å². The number of esters is 1. The first-order valence-corrected chi connectivity index (χ1v) is 8.98. The molecule has 0 radical (unpaired) electrons. The zero-order valence-electron chi connectivity index (χ0n) is 16.1. The third-order valence-corrected chi connectivity index (χ3v) is 3.93. The van der Waals surface area contributed by atoms with Gasteiger partial charge in [-0.15, -0.1) is 0 Å². The third-order valence-electron chi connectivity index (χ3n) is 3.93. The summed E-state index contributed by atoms with van der Waals surface area (Å²) in [6, 6.07) is 13.7. The Kier molecular flexibility index (Phi) is 8.58. The molecule has 144 valence electrons. The van der Waals surface area contributed by atoms with Gasteiger partial charge >= 0.3 is 5.97 Å². The summed E-state index contributed by atoms with van der Waals surface area (Å²) >= 11 is 0. The first-order valence-electron chi connectivity index (χ1n) is 8.98. The maximum atomic E-state index is 11.1. The number of benzene rings is 2. The molecule has 0 saturated heterocycles. The van der Waals surface area contributed by atoms with E-state index >= 15 is 0 Å². The Morgan fingerprint density at radius 3 is 2.46 bits per heavy atom. The lowest BCUT2D eigenvalue weighted by atomic mass is 10.0. The van der Waals surface area contributed by atoms with Gasteiger partial charge in [-0.2, -0.15) is 0 Å². The zero-order chi connectivity index (χ0) is 20.2. The summed E-state index contributed by atoms with van der Waals surface area (Å²) in [5.74, 6) is 5.99. The maximum Gasteiger partial charge on any atom is 0.330 e. The van der Waals surface area contributed by atoms with Gasteiger partial charge in [-0.1, -0.05) is 56.2 Å². The molecule has 0 aliphatic carbocycles. The molecule has 0 amide bonds. The van der Waals surface area contributed by atoms with Crippen molar-refractivity contribution < 1.29 is 19.0 Å². The van der Waals surface area contributed by atoms with Crippen molar-refractivity contribution in [1.82, 2.24) is 0 Å². The molecule has 28 heavy (non-hydrogen) atoms. The monoisotopic (exact) mass is 376 g/mol. The third kappa shape index (κ3) is 6.79. The number of ether oxygens (including phenoxy) is 3. The highest BCUT2D eigenvalue weighted by molar-refractivity contribution is 5.81. The summed E-state index contributed by atoms with van der Waals surface area (Å²) in [6.07, 6.45) is 3.39. The normalized spacial score (nSPS) is 9.75. The molecule has 0 aromatic heterocycles. The fraction of sp³-hybridized carbons (Fsp3) is 0.208. The molecule has 0 heterocycles. The van der Waals surface area contributed by atoms with Crippen molar-refractivity contribution in [3.05, 3.63) is 95.8 Å². The summed E-state index contributed by atoms with van der Waals surface area (Å²) in [6.45, 7) is 9.84. The van der Waals surface area contributed by atoms with Crippen LogP contribution in [-0.4, -0.2) is 12.8 Å². The lowest BCUT2D eigenvalue weighted by Crippen LogP contribution is -1.99. The Labute approximate surface area is 166 Å². The standard InChI is InChI=1S/C24H24O4/c1-4-22-15-21(16-27-18-26-6-3)12-14-23(22)13-11-19-7-9-20(10-8-19)17-28-24(25)5-2/h5-10,12,14-15H,2-4,16-18H2,1H3. The van der Waals surface area contributed by atoms with Gasteiger partial charge in [-0.05, 0) is 41.3 Å². The highest BCUT2D eigenvalue weighted by Gasteiger charge is 2.02. The fourth-order valence-electron chi connectivity index (χ4n) is 2.44. The van der Waals surface area contributed by atoms with Crippen molar-refractivity contribution in [2.24, 2.45) is 0 Å². The highest BCUT2D eigenvalue weighted by Crippen LogP contribution is 2.14. The van der Waals surface area contributed by atoms with E-state index in [0.29, 0.717) is 6.61 Å². The molecule has 2 aromatic rings. The summed E-state index contributed by atoms with van der Waals surface area (Å²) in [7, 11) is 0. The zero-order valence-corrected chi connectivity index (χ0v) is 16.1. The first kappa shape index (κ1) is 21.0. The van der Waals surface area contributed by atoms with Crippen LogP contribution in [0.5, 0.6) is 0 Å². The summed E-state index contributed by atoms with van der Waals surface area (Å²) in [5, 5.41) is 0. The molecule has 0 N–H and O–H groups in total. The smallest absolute Gasteiger partial charge is 0.330 e. The first-order chi connectivity index (χ1) is 13.7. The quantitative estimate of drug-likeness (QED) is 0.161. The van der Waals surface area contributed by atoms with E-state index in [4.69, 9.17) is 14.2 Å². The second-order valence-electron chi connectivity index (χ2n) is 5.90. The second kappa shape index (κ2) is 11.4. The van der Waals surface area contributed by atoms with E-state index in [1.807, 2.05) is 36.4 Å². The maximum absolute atomic E-state index is 11.1. The van der Waals surface area contributed by atoms with E-state index in [1.54, 1.807) is 0 Å². The van der Waals surface area contributed by atoms with Crippen LogP contribution in [0.2, 0.25) is 0 Å². The molecule has 0 atom stereocenters. The molecule has 2 aromatic carbocycles. The Morgan fingerprint density at radius 1 is 1.04 bits per heavy atom. The Hall–Kier alpha value is -3.29. The Morgan fingerprint density at radius 2 is 1.79 bits per heavy atom. The van der Waals surface area contributed by atoms with Crippen LogP contribution in [0.3, 0.4) is 0 Å². The van der Waals surface area contributed by atoms with Crippen molar-refractivity contribution in [3.63, 3.8) is 0 Å². The number of carbonyl (C=O) groups excluding carboxylic acids is 1. The summed E-state index contributed by atoms with van der Waals surface area (Å²) in [4.78, 5) is 11.1. The molecule has 0 spiro atoms. The van der Waals surface area contributed by atoms with Gasteiger partial charge in [0.15, 0.2) is 6.79 Å². The number of rotatable bonds is 9. The number of hydrogen-bond donors (Lipinski definition) is 0. The molecule has 0 fully saturated rings. The van der Waals surface area contributed by atoms with Gasteiger partial charge in [0.25, 0.3) is 0 Å². The molecule has 0 aliphatic rings. The summed E-state index contributed by atoms with van der Waals surface area (Å²) < 4.78 is 15.4. The van der Waals surface area contributed by atoms with E-state index in [9.17, 15) is 4.79 Å². The van der Waals surface area contributed by atoms with Crippen LogP contribution in [0, 0.1) is 11.8 Å². The van der Waals surface area contributed by atoms with E-state index in [1.165, 1.54) is 11.8 Å². The molecule has 0 bridgehead atoms. The highest BCUT2D eigenvalue weighted by atomic mass is 16.7. The molecule has 0 saturated carbocycles. The molecule has 0 aliphatic heterocycles. The lowest BCUT2D eigenvalue weighted by molar-refractivity contribution is -0.138. The van der Waals surface area contributed by atoms with Crippen molar-refractivity contribution in [1.29, 1.82) is 0 Å². The van der Waals surface area contributed by atoms with E-state index in [-0.39, 0.29) is 13.4 Å². The Balaban J connectivity index is 2.02. The molecule has 2 rings (SSSR count). The average Bonchev–Trinajstić information content (AvgIpc) is 2.74. The van der Waals surface area contributed by atoms with Gasteiger partial charge in [0.05, 0.1) is 12.9 Å². The largest absolute Gasteiger partial charge is 0.476 e. The van der Waals surface area contributed by atoms with Crippen molar-refractivity contribution in [3.8, 4) is 11.8 Å². The van der Waals surface area contributed by atoms with Crippen LogP contribution in [0.4, 0.5) is 0 Å². The fourth-order valence-corrected chi connectivity index (χ4v) is 2.44. The van der Waals surface area contributed by atoms with E-state index < -0.39 is 5.97 Å². The van der Waals surface area contributed by atoms with E-state index in [0.717, 1.165) is 34.8 Å². The van der Waals surface area contributed by atoms with E-state index in [2.05, 4.69) is 38.0 Å². The lowest BCUT2D eigenvalue weighted by Gasteiger charge is -2.07. The minimum atomic E-state index is -0.432. The Bertz CT molecular complexity index is 870. The van der Waals surface area contributed by atoms with Crippen LogP contribution in [0.15, 0.2) is 68.0 Å². The van der Waals surface area contributed by atoms with Crippen molar-refractivity contribution >= 4 is 5.97 Å². The van der Waals surface area contributed by atoms with Gasteiger partial charge < -0.3 is 14.2 Å². The minimum Gasteiger partial charge on any atom is -0.476 e. The van der Waals surface area contributed by atoms with Gasteiger partial charge in [0.2, 0.25) is 0 Å². The topological polar surface area (TPSA) is 44.8 Å². The van der Waals surface area contributed by atoms with Crippen LogP contribution >= 0.6 is 0 Å². The minimum absolute atomic E-state index is 0.190. The van der Waals surface area contributed by atoms with Gasteiger partial charge in [0, 0.05) is 17.2 Å². The van der Waals surface area contributed by atoms with Gasteiger partial charge in [-0.25, -0.2) is 4.79 Å². The number of hydrogen-bond acceptors (Lipinski definition) is 4. The predicted octanol–water partition coefficient (Wildman–Crippen LogP) is 4.51. The molecular formula is C24H24O4. The van der Waals surface area contributed by atoms with Crippen LogP contribution in [0.25, 0.3) is 0 Å². The van der Waals surface area contributed by atoms with Crippen LogP contribution in [-0.2, 0) is 38.6 Å². The van der Waals surface area contributed by atoms with Crippen molar-refractivity contribution in [2.75, 3.05) is 6.79 Å². The van der Waals surface area contributed by atoms with Gasteiger partial charge in [-0.3, -0.25) is 0 Å².